The summed E-state index contributed by atoms with van der Waals surface area (Å²) in [5.74, 6) is -0.660. The second-order valence-corrected chi connectivity index (χ2v) is 8.27. The van der Waals surface area contributed by atoms with Gasteiger partial charge in [-0.15, -0.1) is 0 Å². The molecule has 0 saturated heterocycles. The van der Waals surface area contributed by atoms with Crippen LogP contribution in [0.1, 0.15) is 50.2 Å². The average Bonchev–Trinajstić information content (AvgIpc) is 3.16. The molecule has 0 aliphatic heterocycles. The van der Waals surface area contributed by atoms with E-state index < -0.39 is 18.1 Å². The first kappa shape index (κ1) is 25.1. The highest BCUT2D eigenvalue weighted by atomic mass is 16.5. The largest absolute Gasteiger partial charge is 0.480 e. The van der Waals surface area contributed by atoms with Gasteiger partial charge >= 0.3 is 12.1 Å². The number of carboxylic acids is 1. The van der Waals surface area contributed by atoms with Gasteiger partial charge in [0.2, 0.25) is 0 Å². The maximum atomic E-state index is 12.4. The van der Waals surface area contributed by atoms with Crippen molar-refractivity contribution in [1.29, 1.82) is 0 Å². The number of carbonyl (C=O) groups excluding carboxylic acids is 1. The van der Waals surface area contributed by atoms with Gasteiger partial charge in [0, 0.05) is 25.6 Å². The molecule has 3 rings (SSSR count). The molecular weight excluding hydrogens is 432 g/mol. The summed E-state index contributed by atoms with van der Waals surface area (Å²) < 4.78 is 5.47. The number of ether oxygens (including phenoxy) is 1. The number of fused-ring (bicyclic) bond motifs is 3. The first-order valence-corrected chi connectivity index (χ1v) is 11.8. The molecule has 2 aromatic carbocycles. The number of alkyl carbamates (subject to hydrolysis) is 1. The normalized spacial score (nSPS) is 13.6. The van der Waals surface area contributed by atoms with E-state index in [2.05, 4.69) is 22.4 Å². The van der Waals surface area contributed by atoms with Gasteiger partial charge in [-0.1, -0.05) is 48.5 Å². The summed E-state index contributed by atoms with van der Waals surface area (Å²) in [4.78, 5) is 30.4. The Morgan fingerprint density at radius 3 is 2.21 bits per heavy atom. The molecule has 4 N–H and O–H groups in total. The van der Waals surface area contributed by atoms with E-state index in [1.807, 2.05) is 55.1 Å². The maximum Gasteiger partial charge on any atom is 0.407 e. The topological polar surface area (TPSA) is 117 Å². The average molecular weight is 467 g/mol. The van der Waals surface area contributed by atoms with Crippen molar-refractivity contribution in [3.63, 3.8) is 0 Å². The Hall–Kier alpha value is -3.55. The number of benzene rings is 2. The van der Waals surface area contributed by atoms with Crippen molar-refractivity contribution in [3.8, 4) is 11.1 Å². The van der Waals surface area contributed by atoms with Gasteiger partial charge in [0.15, 0.2) is 5.96 Å². The highest BCUT2D eigenvalue weighted by Crippen LogP contribution is 2.44. The number of nitrogens with two attached hydrogens (primary N) is 1. The minimum absolute atomic E-state index is 0.0736. The molecule has 34 heavy (non-hydrogen) atoms. The van der Waals surface area contributed by atoms with Crippen molar-refractivity contribution in [2.45, 2.75) is 45.1 Å². The Labute approximate surface area is 200 Å². The monoisotopic (exact) mass is 466 g/mol. The Morgan fingerprint density at radius 2 is 1.65 bits per heavy atom. The van der Waals surface area contributed by atoms with Gasteiger partial charge in [-0.25, -0.2) is 9.59 Å². The molecule has 0 bridgehead atoms. The fraction of sp³-hybridized carbons (Fsp3) is 0.423. The molecular formula is C26H34N4O4. The van der Waals surface area contributed by atoms with Crippen LogP contribution in [0.15, 0.2) is 53.5 Å². The molecule has 1 unspecified atom stereocenters. The zero-order chi connectivity index (χ0) is 24.5. The van der Waals surface area contributed by atoms with Crippen LogP contribution in [-0.2, 0) is 9.53 Å². The number of guanidine groups is 1. The van der Waals surface area contributed by atoms with Gasteiger partial charge in [0.25, 0.3) is 0 Å². The summed E-state index contributed by atoms with van der Waals surface area (Å²) in [6.07, 6.45) is 0.839. The van der Waals surface area contributed by atoms with Crippen LogP contribution in [0, 0.1) is 0 Å². The Bertz CT molecular complexity index is 974. The van der Waals surface area contributed by atoms with E-state index in [0.717, 1.165) is 35.3 Å². The number of aliphatic carboxylic acids is 1. The van der Waals surface area contributed by atoms with Crippen LogP contribution < -0.4 is 11.1 Å². The molecule has 0 radical (unpaired) electrons. The van der Waals surface area contributed by atoms with Gasteiger partial charge in [0.1, 0.15) is 12.6 Å². The number of carbonyl (C=O) groups is 2. The Balaban J connectivity index is 1.49. The standard InChI is InChI=1S/C26H34N4O4/c1-3-30(4-2)25(27)28-16-10-9-15-23(24(31)32)29-26(33)34-17-22-20-13-7-5-11-18(20)19-12-6-8-14-21(19)22/h5-8,11-14,22-23H,3-4,9-10,15-17H2,1-2H3,(H2,27,28)(H,29,33)(H,31,32). The van der Waals surface area contributed by atoms with Crippen molar-refractivity contribution in [3.05, 3.63) is 59.7 Å². The third-order valence-electron chi connectivity index (χ3n) is 6.20. The van der Waals surface area contributed by atoms with Crippen LogP contribution in [0.4, 0.5) is 4.79 Å². The summed E-state index contributed by atoms with van der Waals surface area (Å²) in [5, 5.41) is 12.0. The number of aliphatic imine (C=N–C) groups is 1. The first-order chi connectivity index (χ1) is 16.5. The summed E-state index contributed by atoms with van der Waals surface area (Å²) in [6, 6.07) is 15.1. The molecule has 1 amide bonds. The van der Waals surface area contributed by atoms with E-state index in [4.69, 9.17) is 10.5 Å². The predicted molar refractivity (Wildman–Crippen MR) is 133 cm³/mol. The summed E-state index contributed by atoms with van der Waals surface area (Å²) in [6.45, 7) is 6.26. The summed E-state index contributed by atoms with van der Waals surface area (Å²) >= 11 is 0. The molecule has 0 aromatic heterocycles. The van der Waals surface area contributed by atoms with Gasteiger partial charge in [0.05, 0.1) is 0 Å². The zero-order valence-electron chi connectivity index (χ0n) is 19.9. The lowest BCUT2D eigenvalue weighted by molar-refractivity contribution is -0.139. The molecule has 0 heterocycles. The first-order valence-electron chi connectivity index (χ1n) is 11.8. The van der Waals surface area contributed by atoms with Crippen molar-refractivity contribution in [2.75, 3.05) is 26.2 Å². The lowest BCUT2D eigenvalue weighted by Crippen LogP contribution is -2.41. The zero-order valence-corrected chi connectivity index (χ0v) is 19.9. The van der Waals surface area contributed by atoms with E-state index in [1.165, 1.54) is 0 Å². The third-order valence-corrected chi connectivity index (χ3v) is 6.20. The quantitative estimate of drug-likeness (QED) is 0.263. The fourth-order valence-electron chi connectivity index (χ4n) is 4.34. The summed E-state index contributed by atoms with van der Waals surface area (Å²) in [5.41, 5.74) is 10.4. The highest BCUT2D eigenvalue weighted by molar-refractivity contribution is 5.81. The number of hydrogen-bond donors (Lipinski definition) is 3. The van der Waals surface area contributed by atoms with Gasteiger partial charge in [-0.3, -0.25) is 4.99 Å². The number of nitrogens with one attached hydrogen (secondary N) is 1. The fourth-order valence-corrected chi connectivity index (χ4v) is 4.34. The van der Waals surface area contributed by atoms with E-state index in [1.54, 1.807) is 0 Å². The third kappa shape index (κ3) is 6.07. The molecule has 1 atom stereocenters. The van der Waals surface area contributed by atoms with Gasteiger partial charge in [-0.05, 0) is 55.4 Å². The number of hydrogen-bond acceptors (Lipinski definition) is 4. The number of carboxylic acid groups (broad SMARTS) is 1. The second kappa shape index (κ2) is 12.1. The number of amides is 1. The van der Waals surface area contributed by atoms with Gasteiger partial charge < -0.3 is 25.8 Å². The van der Waals surface area contributed by atoms with E-state index in [9.17, 15) is 14.7 Å². The Morgan fingerprint density at radius 1 is 1.06 bits per heavy atom. The number of rotatable bonds is 11. The van der Waals surface area contributed by atoms with Crippen LogP contribution in [-0.4, -0.2) is 60.3 Å². The van der Waals surface area contributed by atoms with Crippen molar-refractivity contribution < 1.29 is 19.4 Å². The van der Waals surface area contributed by atoms with Crippen LogP contribution in [0.5, 0.6) is 0 Å². The molecule has 8 heteroatoms. The van der Waals surface area contributed by atoms with Crippen LogP contribution in [0.3, 0.4) is 0 Å². The minimum atomic E-state index is -1.08. The molecule has 2 aromatic rings. The second-order valence-electron chi connectivity index (χ2n) is 8.27. The van der Waals surface area contributed by atoms with Crippen LogP contribution in [0.2, 0.25) is 0 Å². The minimum Gasteiger partial charge on any atom is -0.480 e. The number of nitrogens with zero attached hydrogens (tertiary/aromatic N) is 2. The smallest absolute Gasteiger partial charge is 0.407 e. The molecule has 0 spiro atoms. The van der Waals surface area contributed by atoms with Crippen LogP contribution >= 0.6 is 0 Å². The van der Waals surface area contributed by atoms with Crippen molar-refractivity contribution >= 4 is 18.0 Å². The molecule has 182 valence electrons. The van der Waals surface area contributed by atoms with Crippen molar-refractivity contribution in [1.82, 2.24) is 10.2 Å². The maximum absolute atomic E-state index is 12.4. The molecule has 0 fully saturated rings. The molecule has 1 aliphatic carbocycles. The molecule has 8 nitrogen and oxygen atoms in total. The summed E-state index contributed by atoms with van der Waals surface area (Å²) in [7, 11) is 0. The highest BCUT2D eigenvalue weighted by Gasteiger charge is 2.29. The van der Waals surface area contributed by atoms with Crippen molar-refractivity contribution in [2.24, 2.45) is 10.7 Å². The van der Waals surface area contributed by atoms with Crippen LogP contribution in [0.25, 0.3) is 11.1 Å². The lowest BCUT2D eigenvalue weighted by Gasteiger charge is -2.19. The number of unbranched alkanes of at least 4 members (excludes halogenated alkanes) is 1. The van der Waals surface area contributed by atoms with E-state index in [0.29, 0.717) is 31.8 Å². The van der Waals surface area contributed by atoms with E-state index >= 15 is 0 Å². The Kier molecular flexibility index (Phi) is 8.90. The van der Waals surface area contributed by atoms with Gasteiger partial charge in [-0.2, -0.15) is 0 Å². The predicted octanol–water partition coefficient (Wildman–Crippen LogP) is 3.81. The molecule has 1 aliphatic rings. The SMILES string of the molecule is CCN(CC)C(N)=NCCCCC(NC(=O)OCC1c2ccccc2-c2ccccc21)C(=O)O. The molecule has 0 saturated carbocycles. The lowest BCUT2D eigenvalue weighted by atomic mass is 9.98. The van der Waals surface area contributed by atoms with E-state index in [-0.39, 0.29) is 12.5 Å².